The first-order chi connectivity index (χ1) is 11.3. The molecule has 25 heavy (non-hydrogen) atoms. The zero-order chi connectivity index (χ0) is 19.0. The molecule has 0 aliphatic heterocycles. The molecule has 2 heterocycles. The SMILES string of the molecule is Cn1ccnc1C(O)(CC(=O)Nc1n[nH]c(C(F)(F)F)n1)C(F)(F)F. The van der Waals surface area contributed by atoms with Crippen molar-refractivity contribution in [2.75, 3.05) is 5.32 Å². The predicted molar refractivity (Wildman–Crippen MR) is 67.8 cm³/mol. The minimum Gasteiger partial charge on any atom is -0.374 e. The van der Waals surface area contributed by atoms with Crippen LogP contribution in [-0.4, -0.2) is 41.9 Å². The van der Waals surface area contributed by atoms with Crippen LogP contribution in [0.2, 0.25) is 0 Å². The number of anilines is 1. The molecule has 0 aliphatic rings. The standard InChI is InChI=1S/C11H10F6N6O2/c1-23-3-2-18-7(23)9(25,11(15,16)17)4-5(24)19-8-20-6(21-22-8)10(12,13)14/h2-3,25H,4H2,1H3,(H2,19,20,21,22,24). The van der Waals surface area contributed by atoms with E-state index in [1.54, 1.807) is 5.32 Å². The van der Waals surface area contributed by atoms with E-state index in [9.17, 15) is 36.2 Å². The Kier molecular flexibility index (Phi) is 4.50. The molecule has 1 amide bonds. The van der Waals surface area contributed by atoms with Gasteiger partial charge >= 0.3 is 12.4 Å². The first-order valence-corrected chi connectivity index (χ1v) is 6.41. The summed E-state index contributed by atoms with van der Waals surface area (Å²) in [5.41, 5.74) is -3.65. The van der Waals surface area contributed by atoms with Gasteiger partial charge in [0.1, 0.15) is 0 Å². The molecule has 0 saturated heterocycles. The van der Waals surface area contributed by atoms with Crippen molar-refractivity contribution in [1.82, 2.24) is 24.7 Å². The number of imidazole rings is 1. The van der Waals surface area contributed by atoms with E-state index >= 15 is 0 Å². The van der Waals surface area contributed by atoms with Crippen molar-refractivity contribution in [3.63, 3.8) is 0 Å². The van der Waals surface area contributed by atoms with Crippen molar-refractivity contribution in [3.8, 4) is 0 Å². The van der Waals surface area contributed by atoms with E-state index in [1.807, 2.05) is 0 Å². The molecule has 0 aromatic carbocycles. The number of rotatable bonds is 4. The average molecular weight is 372 g/mol. The third kappa shape index (κ3) is 3.72. The Labute approximate surface area is 134 Å². The van der Waals surface area contributed by atoms with Crippen LogP contribution >= 0.6 is 0 Å². The maximum absolute atomic E-state index is 13.2. The number of halogens is 6. The van der Waals surface area contributed by atoms with Gasteiger partial charge < -0.3 is 9.67 Å². The van der Waals surface area contributed by atoms with Gasteiger partial charge in [0.25, 0.3) is 0 Å². The number of hydrogen-bond donors (Lipinski definition) is 3. The first kappa shape index (κ1) is 18.7. The van der Waals surface area contributed by atoms with Gasteiger partial charge in [0.2, 0.25) is 23.3 Å². The second-order valence-corrected chi connectivity index (χ2v) is 4.95. The molecule has 0 bridgehead atoms. The normalized spacial score (nSPS) is 15.0. The number of H-pyrrole nitrogens is 1. The minimum absolute atomic E-state index is 0.856. The lowest BCUT2D eigenvalue weighted by atomic mass is 9.97. The van der Waals surface area contributed by atoms with Crippen LogP contribution in [0.25, 0.3) is 0 Å². The van der Waals surface area contributed by atoms with E-state index in [-0.39, 0.29) is 0 Å². The number of carbonyl (C=O) groups excluding carboxylic acids is 1. The molecule has 0 radical (unpaired) electrons. The zero-order valence-electron chi connectivity index (χ0n) is 12.3. The van der Waals surface area contributed by atoms with Gasteiger partial charge in [0.05, 0.1) is 6.42 Å². The molecule has 0 spiro atoms. The molecule has 0 saturated carbocycles. The van der Waals surface area contributed by atoms with Gasteiger partial charge in [0.15, 0.2) is 5.82 Å². The lowest BCUT2D eigenvalue weighted by Crippen LogP contribution is -2.46. The minimum atomic E-state index is -5.28. The van der Waals surface area contributed by atoms with Crippen molar-refractivity contribution in [2.24, 2.45) is 7.05 Å². The molecule has 14 heteroatoms. The van der Waals surface area contributed by atoms with E-state index in [0.717, 1.165) is 17.0 Å². The van der Waals surface area contributed by atoms with Crippen molar-refractivity contribution in [3.05, 3.63) is 24.0 Å². The number of aryl methyl sites for hydroxylation is 1. The Balaban J connectivity index is 2.21. The number of hydrogen-bond acceptors (Lipinski definition) is 5. The quantitative estimate of drug-likeness (QED) is 0.702. The number of nitrogens with zero attached hydrogens (tertiary/aromatic N) is 4. The number of aliphatic hydroxyl groups is 1. The van der Waals surface area contributed by atoms with Crippen LogP contribution in [-0.2, 0) is 23.6 Å². The monoisotopic (exact) mass is 372 g/mol. The molecule has 2 rings (SSSR count). The fraction of sp³-hybridized carbons (Fsp3) is 0.455. The Hall–Kier alpha value is -2.64. The van der Waals surface area contributed by atoms with E-state index < -0.39 is 47.9 Å². The van der Waals surface area contributed by atoms with Gasteiger partial charge in [-0.05, 0) is 0 Å². The highest BCUT2D eigenvalue weighted by Crippen LogP contribution is 2.40. The summed E-state index contributed by atoms with van der Waals surface area (Å²) in [4.78, 5) is 18.0. The molecule has 0 aliphatic carbocycles. The molecule has 138 valence electrons. The largest absolute Gasteiger partial charge is 0.451 e. The molecule has 2 aromatic rings. The number of carbonyl (C=O) groups is 1. The van der Waals surface area contributed by atoms with Crippen LogP contribution in [0.15, 0.2) is 12.4 Å². The third-order valence-corrected chi connectivity index (χ3v) is 3.08. The third-order valence-electron chi connectivity index (χ3n) is 3.08. The first-order valence-electron chi connectivity index (χ1n) is 6.41. The van der Waals surface area contributed by atoms with Crippen molar-refractivity contribution in [2.45, 2.75) is 24.4 Å². The average Bonchev–Trinajstić information content (AvgIpc) is 3.05. The van der Waals surface area contributed by atoms with Gasteiger partial charge in [-0.25, -0.2) is 4.98 Å². The Morgan fingerprint density at radius 3 is 2.40 bits per heavy atom. The highest BCUT2D eigenvalue weighted by atomic mass is 19.4. The van der Waals surface area contributed by atoms with E-state index in [0.29, 0.717) is 0 Å². The maximum atomic E-state index is 13.2. The summed E-state index contributed by atoms with van der Waals surface area (Å²) in [6.45, 7) is 0. The summed E-state index contributed by atoms with van der Waals surface area (Å²) >= 11 is 0. The molecular weight excluding hydrogens is 362 g/mol. The van der Waals surface area contributed by atoms with E-state index in [1.165, 1.54) is 12.1 Å². The molecule has 2 aromatic heterocycles. The molecule has 1 atom stereocenters. The van der Waals surface area contributed by atoms with Crippen LogP contribution in [0.1, 0.15) is 18.1 Å². The topological polar surface area (TPSA) is 109 Å². The van der Waals surface area contributed by atoms with Crippen molar-refractivity contribution >= 4 is 11.9 Å². The summed E-state index contributed by atoms with van der Waals surface area (Å²) < 4.78 is 77.6. The number of aromatic amines is 1. The molecule has 3 N–H and O–H groups in total. The molecule has 0 fully saturated rings. The highest BCUT2D eigenvalue weighted by Gasteiger charge is 2.58. The number of alkyl halides is 6. The van der Waals surface area contributed by atoms with Gasteiger partial charge in [0, 0.05) is 19.4 Å². The summed E-state index contributed by atoms with van der Waals surface area (Å²) in [5, 5.41) is 16.1. The summed E-state index contributed by atoms with van der Waals surface area (Å²) in [5.74, 6) is -4.75. The molecule has 8 nitrogen and oxygen atoms in total. The Bertz CT molecular complexity index is 766. The maximum Gasteiger partial charge on any atom is 0.451 e. The second kappa shape index (κ2) is 6.02. The van der Waals surface area contributed by atoms with Gasteiger partial charge in [-0.2, -0.15) is 31.3 Å². The van der Waals surface area contributed by atoms with Crippen LogP contribution in [0, 0.1) is 0 Å². The van der Waals surface area contributed by atoms with Gasteiger partial charge in [-0.1, -0.05) is 0 Å². The second-order valence-electron chi connectivity index (χ2n) is 4.95. The summed E-state index contributed by atoms with van der Waals surface area (Å²) in [6, 6.07) is 0. The lowest BCUT2D eigenvalue weighted by Gasteiger charge is -2.29. The van der Waals surface area contributed by atoms with Crippen LogP contribution in [0.4, 0.5) is 32.3 Å². The van der Waals surface area contributed by atoms with Crippen LogP contribution in [0.3, 0.4) is 0 Å². The molecular formula is C11H10F6N6O2. The summed E-state index contributed by atoms with van der Waals surface area (Å²) in [6.07, 6.45) is -9.61. The number of nitrogens with one attached hydrogen (secondary N) is 2. The van der Waals surface area contributed by atoms with Crippen LogP contribution in [0.5, 0.6) is 0 Å². The Morgan fingerprint density at radius 1 is 1.32 bits per heavy atom. The fourth-order valence-corrected chi connectivity index (χ4v) is 1.92. The van der Waals surface area contributed by atoms with E-state index in [2.05, 4.69) is 15.1 Å². The number of aromatic nitrogens is 5. The fourth-order valence-electron chi connectivity index (χ4n) is 1.92. The van der Waals surface area contributed by atoms with Crippen molar-refractivity contribution in [1.29, 1.82) is 0 Å². The predicted octanol–water partition coefficient (Wildman–Crippen LogP) is 1.34. The van der Waals surface area contributed by atoms with E-state index in [4.69, 9.17) is 0 Å². The van der Waals surface area contributed by atoms with Gasteiger partial charge in [-0.3, -0.25) is 15.2 Å². The highest BCUT2D eigenvalue weighted by molar-refractivity contribution is 5.89. The van der Waals surface area contributed by atoms with Crippen LogP contribution < -0.4 is 5.32 Å². The van der Waals surface area contributed by atoms with Gasteiger partial charge in [-0.15, -0.1) is 5.10 Å². The number of amides is 1. The molecule has 1 unspecified atom stereocenters. The lowest BCUT2D eigenvalue weighted by molar-refractivity contribution is -0.270. The van der Waals surface area contributed by atoms with Crippen molar-refractivity contribution < 1.29 is 36.2 Å². The summed E-state index contributed by atoms with van der Waals surface area (Å²) in [7, 11) is 1.17. The smallest absolute Gasteiger partial charge is 0.374 e. The Morgan fingerprint density at radius 2 is 1.96 bits per heavy atom. The zero-order valence-corrected chi connectivity index (χ0v) is 12.3.